The van der Waals surface area contributed by atoms with Crippen molar-refractivity contribution in [1.29, 1.82) is 0 Å². The van der Waals surface area contributed by atoms with Crippen LogP contribution in [0.5, 0.6) is 0 Å². The minimum atomic E-state index is -0.935. The van der Waals surface area contributed by atoms with Crippen molar-refractivity contribution in [2.45, 2.75) is 0 Å². The Morgan fingerprint density at radius 1 is 1.45 bits per heavy atom. The van der Waals surface area contributed by atoms with Crippen LogP contribution in [-0.4, -0.2) is 36.9 Å². The summed E-state index contributed by atoms with van der Waals surface area (Å²) >= 11 is 0. The molecule has 0 saturated heterocycles. The molecule has 7 heteroatoms. The van der Waals surface area contributed by atoms with Crippen LogP contribution in [0.4, 0.5) is 9.18 Å². The molecule has 0 aliphatic heterocycles. The lowest BCUT2D eigenvalue weighted by Gasteiger charge is -2.07. The van der Waals surface area contributed by atoms with E-state index in [9.17, 15) is 14.0 Å². The maximum absolute atomic E-state index is 13.1. The summed E-state index contributed by atoms with van der Waals surface area (Å²) in [4.78, 5) is 22.2. The summed E-state index contributed by atoms with van der Waals surface area (Å²) < 4.78 is 17.5. The number of carbonyl (C=O) groups is 2. The number of hydrogen-bond donors (Lipinski definition) is 3. The number of hydrogen-bond acceptors (Lipinski definition) is 4. The van der Waals surface area contributed by atoms with E-state index in [2.05, 4.69) is 21.9 Å². The highest BCUT2D eigenvalue weighted by atomic mass is 19.1. The number of halogens is 1. The molecule has 0 spiro atoms. The number of amides is 2. The van der Waals surface area contributed by atoms with Crippen LogP contribution in [0.2, 0.25) is 0 Å². The average Bonchev–Trinajstić information content (AvgIpc) is 2.41. The second-order valence-corrected chi connectivity index (χ2v) is 3.57. The monoisotopic (exact) mass is 280 g/mol. The van der Waals surface area contributed by atoms with Gasteiger partial charge < -0.3 is 20.9 Å². The molecule has 0 aliphatic rings. The molecule has 1 aromatic carbocycles. The third kappa shape index (κ3) is 4.96. The number of aliphatic hydroxyl groups is 1. The van der Waals surface area contributed by atoms with Gasteiger partial charge in [-0.25, -0.2) is 9.18 Å². The molecule has 0 fully saturated rings. The van der Waals surface area contributed by atoms with Crippen molar-refractivity contribution in [3.8, 4) is 11.8 Å². The van der Waals surface area contributed by atoms with E-state index in [0.29, 0.717) is 0 Å². The summed E-state index contributed by atoms with van der Waals surface area (Å²) in [5.74, 6) is 3.79. The number of nitrogens with one attached hydrogen (secondary N) is 1. The van der Waals surface area contributed by atoms with Gasteiger partial charge in [-0.15, -0.1) is 0 Å². The number of primary amides is 1. The summed E-state index contributed by atoms with van der Waals surface area (Å²) in [6, 6.07) is 3.50. The number of benzene rings is 1. The molecule has 6 nitrogen and oxygen atoms in total. The van der Waals surface area contributed by atoms with E-state index >= 15 is 0 Å². The van der Waals surface area contributed by atoms with Crippen molar-refractivity contribution in [3.63, 3.8) is 0 Å². The highest BCUT2D eigenvalue weighted by Gasteiger charge is 2.10. The molecule has 1 aromatic rings. The molecule has 0 heterocycles. The lowest BCUT2D eigenvalue weighted by atomic mass is 10.1. The first-order chi connectivity index (χ1) is 9.54. The Hall–Kier alpha value is -2.59. The highest BCUT2D eigenvalue weighted by Crippen LogP contribution is 2.10. The summed E-state index contributed by atoms with van der Waals surface area (Å²) in [6.07, 6.45) is -0.935. The number of rotatable bonds is 4. The van der Waals surface area contributed by atoms with Gasteiger partial charge in [-0.1, -0.05) is 11.8 Å². The second kappa shape index (κ2) is 7.76. The minimum absolute atomic E-state index is 0.0615. The highest BCUT2D eigenvalue weighted by molar-refractivity contribution is 5.96. The number of carbonyl (C=O) groups excluding carboxylic acids is 2. The van der Waals surface area contributed by atoms with Gasteiger partial charge >= 0.3 is 6.09 Å². The van der Waals surface area contributed by atoms with Crippen LogP contribution in [0.25, 0.3) is 0 Å². The van der Waals surface area contributed by atoms with E-state index in [4.69, 9.17) is 10.8 Å². The minimum Gasteiger partial charge on any atom is -0.448 e. The van der Waals surface area contributed by atoms with E-state index < -0.39 is 24.4 Å². The van der Waals surface area contributed by atoms with Crippen molar-refractivity contribution in [2.75, 3.05) is 19.8 Å². The number of aliphatic hydroxyl groups excluding tert-OH is 1. The Labute approximate surface area is 114 Å². The molecule has 0 aromatic heterocycles. The van der Waals surface area contributed by atoms with Gasteiger partial charge in [-0.3, -0.25) is 4.79 Å². The Morgan fingerprint density at radius 3 is 2.85 bits per heavy atom. The maximum Gasteiger partial charge on any atom is 0.404 e. The van der Waals surface area contributed by atoms with Gasteiger partial charge in [0.15, 0.2) is 0 Å². The zero-order chi connectivity index (χ0) is 15.0. The molecule has 20 heavy (non-hydrogen) atoms. The van der Waals surface area contributed by atoms with Crippen molar-refractivity contribution < 1.29 is 23.8 Å². The fraction of sp³-hybridized carbons (Fsp3) is 0.231. The van der Waals surface area contributed by atoms with Crippen molar-refractivity contribution >= 4 is 12.0 Å². The summed E-state index contributed by atoms with van der Waals surface area (Å²) in [6.45, 7) is -0.407. The largest absolute Gasteiger partial charge is 0.448 e. The smallest absolute Gasteiger partial charge is 0.404 e. The molecule has 0 aliphatic carbocycles. The van der Waals surface area contributed by atoms with E-state index in [-0.39, 0.29) is 24.3 Å². The van der Waals surface area contributed by atoms with Gasteiger partial charge in [0.25, 0.3) is 5.91 Å². The SMILES string of the molecule is NC(=O)OCCNC(=O)c1ccc(F)cc1C#CCO. The standard InChI is InChI=1S/C13H13FN2O4/c14-10-3-4-11(9(8-10)2-1-6-17)12(18)16-5-7-20-13(15)19/h3-4,8,17H,5-7H2,(H2,15,19)(H,16,18). The van der Waals surface area contributed by atoms with Crippen LogP contribution in [0.3, 0.4) is 0 Å². The lowest BCUT2D eigenvalue weighted by molar-refractivity contribution is 0.0936. The first-order valence-corrected chi connectivity index (χ1v) is 5.64. The zero-order valence-electron chi connectivity index (χ0n) is 10.5. The van der Waals surface area contributed by atoms with Crippen LogP contribution < -0.4 is 11.1 Å². The summed E-state index contributed by atoms with van der Waals surface area (Å²) in [5, 5.41) is 11.1. The van der Waals surface area contributed by atoms with Gasteiger partial charge in [0.2, 0.25) is 0 Å². The fourth-order valence-corrected chi connectivity index (χ4v) is 1.36. The normalized spacial score (nSPS) is 9.30. The number of ether oxygens (including phenoxy) is 1. The zero-order valence-corrected chi connectivity index (χ0v) is 10.5. The molecular weight excluding hydrogens is 267 g/mol. The molecule has 0 atom stereocenters. The molecule has 2 amide bonds. The summed E-state index contributed by atoms with van der Waals surface area (Å²) in [7, 11) is 0. The van der Waals surface area contributed by atoms with Gasteiger partial charge in [0, 0.05) is 5.56 Å². The number of nitrogens with two attached hydrogens (primary N) is 1. The second-order valence-electron chi connectivity index (χ2n) is 3.57. The van der Waals surface area contributed by atoms with Gasteiger partial charge in [-0.2, -0.15) is 0 Å². The Morgan fingerprint density at radius 2 is 2.20 bits per heavy atom. The predicted octanol–water partition coefficient (Wildman–Crippen LogP) is -0.00540. The third-order valence-electron chi connectivity index (χ3n) is 2.16. The molecular formula is C13H13FN2O4. The van der Waals surface area contributed by atoms with E-state index in [0.717, 1.165) is 12.1 Å². The molecule has 0 radical (unpaired) electrons. The van der Waals surface area contributed by atoms with Crippen LogP contribution in [0, 0.1) is 17.7 Å². The fourth-order valence-electron chi connectivity index (χ4n) is 1.36. The molecule has 0 unspecified atom stereocenters. The van der Waals surface area contributed by atoms with Crippen LogP contribution in [0.15, 0.2) is 18.2 Å². The summed E-state index contributed by atoms with van der Waals surface area (Å²) in [5.41, 5.74) is 5.08. The molecule has 106 valence electrons. The Bertz CT molecular complexity index is 563. The first kappa shape index (κ1) is 15.5. The third-order valence-corrected chi connectivity index (χ3v) is 2.16. The lowest BCUT2D eigenvalue weighted by Crippen LogP contribution is -2.29. The van der Waals surface area contributed by atoms with Gasteiger partial charge in [0.05, 0.1) is 12.1 Å². The molecule has 0 saturated carbocycles. The first-order valence-electron chi connectivity index (χ1n) is 5.64. The van der Waals surface area contributed by atoms with Crippen LogP contribution >= 0.6 is 0 Å². The van der Waals surface area contributed by atoms with Crippen LogP contribution in [-0.2, 0) is 4.74 Å². The van der Waals surface area contributed by atoms with E-state index in [1.54, 1.807) is 0 Å². The van der Waals surface area contributed by atoms with Crippen molar-refractivity contribution in [1.82, 2.24) is 5.32 Å². The van der Waals surface area contributed by atoms with Crippen molar-refractivity contribution in [2.24, 2.45) is 5.73 Å². The predicted molar refractivity (Wildman–Crippen MR) is 68.2 cm³/mol. The topological polar surface area (TPSA) is 102 Å². The maximum atomic E-state index is 13.1. The average molecular weight is 280 g/mol. The van der Waals surface area contributed by atoms with Gasteiger partial charge in [0.1, 0.15) is 19.0 Å². The van der Waals surface area contributed by atoms with E-state index in [1.165, 1.54) is 6.07 Å². The van der Waals surface area contributed by atoms with Crippen LogP contribution in [0.1, 0.15) is 15.9 Å². The Balaban J connectivity index is 2.74. The molecule has 1 rings (SSSR count). The van der Waals surface area contributed by atoms with Gasteiger partial charge in [-0.05, 0) is 18.2 Å². The molecule has 0 bridgehead atoms. The quantitative estimate of drug-likeness (QED) is 0.533. The molecule has 4 N–H and O–H groups in total. The van der Waals surface area contributed by atoms with E-state index in [1.807, 2.05) is 0 Å². The van der Waals surface area contributed by atoms with Crippen molar-refractivity contribution in [3.05, 3.63) is 35.1 Å². The Kier molecular flexibility index (Phi) is 6.00.